The van der Waals surface area contributed by atoms with Gasteiger partial charge in [0.25, 0.3) is 0 Å². The van der Waals surface area contributed by atoms with Gasteiger partial charge in [-0.1, -0.05) is 6.07 Å². The van der Waals surface area contributed by atoms with Crippen LogP contribution < -0.4 is 29.6 Å². The second-order valence-electron chi connectivity index (χ2n) is 7.43. The highest BCUT2D eigenvalue weighted by Crippen LogP contribution is 2.35. The first-order valence-electron chi connectivity index (χ1n) is 10.7. The van der Waals surface area contributed by atoms with Crippen molar-refractivity contribution in [3.63, 3.8) is 0 Å². The van der Waals surface area contributed by atoms with Crippen molar-refractivity contribution < 1.29 is 18.9 Å². The van der Waals surface area contributed by atoms with Gasteiger partial charge in [-0.05, 0) is 50.1 Å². The molecule has 7 nitrogen and oxygen atoms in total. The Hall–Kier alpha value is -2.36. The van der Waals surface area contributed by atoms with Gasteiger partial charge in [0.15, 0.2) is 17.5 Å². The summed E-state index contributed by atoms with van der Waals surface area (Å²) in [7, 11) is 5.05. The van der Waals surface area contributed by atoms with Gasteiger partial charge >= 0.3 is 0 Å². The number of fused-ring (bicyclic) bond motifs is 1. The predicted octanol–water partition coefficient (Wildman–Crippen LogP) is 3.95. The van der Waals surface area contributed by atoms with E-state index < -0.39 is 0 Å². The third-order valence-corrected chi connectivity index (χ3v) is 5.20. The van der Waals surface area contributed by atoms with Crippen LogP contribution in [0.4, 0.5) is 0 Å². The van der Waals surface area contributed by atoms with Crippen LogP contribution in [0.2, 0.25) is 0 Å². The van der Waals surface area contributed by atoms with E-state index in [1.165, 1.54) is 5.56 Å². The lowest BCUT2D eigenvalue weighted by atomic mass is 10.1. The monoisotopic (exact) mass is 555 g/mol. The number of rotatable bonds is 9. The maximum atomic E-state index is 5.91. The number of ether oxygens (including phenoxy) is 4. The van der Waals surface area contributed by atoms with Crippen LogP contribution in [-0.4, -0.2) is 46.5 Å². The fraction of sp³-hybridized carbons (Fsp3) is 0.458. The smallest absolute Gasteiger partial charge is 0.191 e. The predicted molar refractivity (Wildman–Crippen MR) is 138 cm³/mol. The standard InChI is InChI=1S/C24H33N3O4.HI/c1-6-30-21-13-18-11-16(2)31-22(18)14-19(21)15-27-24(25-3)26-10-9-17-7-8-20(28-4)23(12-17)29-5;/h7-8,12-14,16H,6,9-11,15H2,1-5H3,(H2,25,26,27);1H. The molecule has 176 valence electrons. The molecule has 0 spiro atoms. The van der Waals surface area contributed by atoms with E-state index in [-0.39, 0.29) is 30.1 Å². The molecule has 2 aromatic carbocycles. The largest absolute Gasteiger partial charge is 0.494 e. The molecule has 0 bridgehead atoms. The van der Waals surface area contributed by atoms with Crippen molar-refractivity contribution in [1.29, 1.82) is 0 Å². The zero-order chi connectivity index (χ0) is 22.2. The number of halogens is 1. The highest BCUT2D eigenvalue weighted by atomic mass is 127. The van der Waals surface area contributed by atoms with E-state index in [2.05, 4.69) is 34.7 Å². The van der Waals surface area contributed by atoms with Crippen LogP contribution in [-0.2, 0) is 19.4 Å². The normalized spacial score (nSPS) is 14.7. The van der Waals surface area contributed by atoms with E-state index in [9.17, 15) is 0 Å². The summed E-state index contributed by atoms with van der Waals surface area (Å²) >= 11 is 0. The van der Waals surface area contributed by atoms with E-state index in [1.807, 2.05) is 25.1 Å². The van der Waals surface area contributed by atoms with Gasteiger partial charge in [-0.15, -0.1) is 24.0 Å². The Morgan fingerprint density at radius 1 is 1.09 bits per heavy atom. The van der Waals surface area contributed by atoms with Gasteiger partial charge in [0.1, 0.15) is 17.6 Å². The van der Waals surface area contributed by atoms with Gasteiger partial charge in [0, 0.05) is 37.7 Å². The highest BCUT2D eigenvalue weighted by Gasteiger charge is 2.22. The SMILES string of the molecule is CCOc1cc2c(cc1CNC(=NC)NCCc1ccc(OC)c(OC)c1)OC(C)C2.I. The number of hydrogen-bond acceptors (Lipinski definition) is 5. The Morgan fingerprint density at radius 3 is 2.56 bits per heavy atom. The summed E-state index contributed by atoms with van der Waals surface area (Å²) in [5, 5.41) is 6.73. The molecule has 2 aromatic rings. The summed E-state index contributed by atoms with van der Waals surface area (Å²) in [6, 6.07) is 10.1. The van der Waals surface area contributed by atoms with Crippen molar-refractivity contribution in [2.75, 3.05) is 34.4 Å². The molecule has 32 heavy (non-hydrogen) atoms. The van der Waals surface area contributed by atoms with E-state index in [1.54, 1.807) is 21.3 Å². The minimum absolute atomic E-state index is 0. The molecule has 1 aliphatic rings. The third-order valence-electron chi connectivity index (χ3n) is 5.20. The lowest BCUT2D eigenvalue weighted by molar-refractivity contribution is 0.254. The average molecular weight is 555 g/mol. The minimum Gasteiger partial charge on any atom is -0.494 e. The molecule has 0 radical (unpaired) electrons. The highest BCUT2D eigenvalue weighted by molar-refractivity contribution is 14.0. The van der Waals surface area contributed by atoms with Crippen molar-refractivity contribution in [3.8, 4) is 23.0 Å². The number of guanidine groups is 1. The van der Waals surface area contributed by atoms with Gasteiger partial charge in [-0.25, -0.2) is 0 Å². The molecule has 0 fully saturated rings. The van der Waals surface area contributed by atoms with Gasteiger partial charge in [-0.2, -0.15) is 0 Å². The molecule has 1 heterocycles. The first-order valence-corrected chi connectivity index (χ1v) is 10.7. The van der Waals surface area contributed by atoms with Crippen molar-refractivity contribution in [2.24, 2.45) is 4.99 Å². The molecule has 0 aromatic heterocycles. The molecule has 1 atom stereocenters. The number of benzene rings is 2. The number of methoxy groups -OCH3 is 2. The van der Waals surface area contributed by atoms with E-state index in [0.29, 0.717) is 13.2 Å². The zero-order valence-corrected chi connectivity index (χ0v) is 21.8. The fourth-order valence-electron chi connectivity index (χ4n) is 3.67. The van der Waals surface area contributed by atoms with Crippen molar-refractivity contribution in [2.45, 2.75) is 39.3 Å². The fourth-order valence-corrected chi connectivity index (χ4v) is 3.67. The van der Waals surface area contributed by atoms with Crippen LogP contribution in [0.3, 0.4) is 0 Å². The van der Waals surface area contributed by atoms with Crippen molar-refractivity contribution in [3.05, 3.63) is 47.0 Å². The maximum absolute atomic E-state index is 5.91. The Labute approximate surface area is 207 Å². The summed E-state index contributed by atoms with van der Waals surface area (Å²) in [6.45, 7) is 6.04. The second-order valence-corrected chi connectivity index (χ2v) is 7.43. The Bertz CT molecular complexity index is 920. The number of nitrogens with zero attached hydrogens (tertiary/aromatic N) is 1. The van der Waals surface area contributed by atoms with Crippen LogP contribution in [0.25, 0.3) is 0 Å². The number of nitrogens with one attached hydrogen (secondary N) is 2. The van der Waals surface area contributed by atoms with E-state index in [4.69, 9.17) is 18.9 Å². The molecule has 1 aliphatic heterocycles. The van der Waals surface area contributed by atoms with Crippen molar-refractivity contribution >= 4 is 29.9 Å². The summed E-state index contributed by atoms with van der Waals surface area (Å²) in [5.41, 5.74) is 3.42. The van der Waals surface area contributed by atoms with Gasteiger partial charge in [-0.3, -0.25) is 4.99 Å². The molecule has 2 N–H and O–H groups in total. The summed E-state index contributed by atoms with van der Waals surface area (Å²) in [5.74, 6) is 4.04. The molecular weight excluding hydrogens is 521 g/mol. The van der Waals surface area contributed by atoms with Gasteiger partial charge < -0.3 is 29.6 Å². The molecule has 0 saturated heterocycles. The Kier molecular flexibility index (Phi) is 10.2. The van der Waals surface area contributed by atoms with E-state index >= 15 is 0 Å². The summed E-state index contributed by atoms with van der Waals surface area (Å²) in [6.07, 6.45) is 1.96. The van der Waals surface area contributed by atoms with Crippen LogP contribution in [0, 0.1) is 0 Å². The van der Waals surface area contributed by atoms with Crippen molar-refractivity contribution in [1.82, 2.24) is 10.6 Å². The van der Waals surface area contributed by atoms with Crippen LogP contribution in [0.5, 0.6) is 23.0 Å². The average Bonchev–Trinajstić information content (AvgIpc) is 3.14. The summed E-state index contributed by atoms with van der Waals surface area (Å²) in [4.78, 5) is 4.33. The van der Waals surface area contributed by atoms with Gasteiger partial charge in [0.05, 0.1) is 20.8 Å². The van der Waals surface area contributed by atoms with Crippen LogP contribution in [0.15, 0.2) is 35.3 Å². The molecule has 0 aliphatic carbocycles. The van der Waals surface area contributed by atoms with Crippen LogP contribution >= 0.6 is 24.0 Å². The summed E-state index contributed by atoms with van der Waals surface area (Å²) < 4.78 is 22.5. The quantitative estimate of drug-likeness (QED) is 0.278. The van der Waals surface area contributed by atoms with Crippen LogP contribution in [0.1, 0.15) is 30.5 Å². The molecule has 3 rings (SSSR count). The number of hydrogen-bond donors (Lipinski definition) is 2. The molecule has 1 unspecified atom stereocenters. The Morgan fingerprint density at radius 2 is 1.88 bits per heavy atom. The lowest BCUT2D eigenvalue weighted by Gasteiger charge is -2.16. The molecule has 8 heteroatoms. The Balaban J connectivity index is 0.00000363. The second kappa shape index (κ2) is 12.6. The molecule has 0 saturated carbocycles. The minimum atomic E-state index is 0. The molecule has 0 amide bonds. The maximum Gasteiger partial charge on any atom is 0.191 e. The lowest BCUT2D eigenvalue weighted by Crippen LogP contribution is -2.37. The number of aliphatic imine (C=N–C) groups is 1. The third kappa shape index (κ3) is 6.57. The van der Waals surface area contributed by atoms with Gasteiger partial charge in [0.2, 0.25) is 0 Å². The first-order chi connectivity index (χ1) is 15.1. The molecular formula is C24H34IN3O4. The first kappa shape index (κ1) is 25.9. The topological polar surface area (TPSA) is 73.3 Å². The van der Waals surface area contributed by atoms with E-state index in [0.717, 1.165) is 59.5 Å². The zero-order valence-electron chi connectivity index (χ0n) is 19.5.